The van der Waals surface area contributed by atoms with Gasteiger partial charge in [-0.25, -0.2) is 4.98 Å². The Morgan fingerprint density at radius 1 is 0.969 bits per heavy atom. The lowest BCUT2D eigenvalue weighted by atomic mass is 9.68. The molecule has 0 bridgehead atoms. The second-order valence-electron chi connectivity index (χ2n) is 10.5. The van der Waals surface area contributed by atoms with Crippen molar-refractivity contribution >= 4 is 12.6 Å². The fourth-order valence-corrected chi connectivity index (χ4v) is 4.17. The molecule has 0 radical (unpaired) electrons. The first-order valence-electron chi connectivity index (χ1n) is 12.7. The van der Waals surface area contributed by atoms with Crippen LogP contribution in [0.3, 0.4) is 0 Å². The Morgan fingerprint density at radius 3 is 2.12 bits per heavy atom. The topological polar surface area (TPSA) is 47.1 Å². The summed E-state index contributed by atoms with van der Waals surface area (Å²) in [7, 11) is -0.283. The average molecular weight is 438 g/mol. The number of hydrogen-bond donors (Lipinski definition) is 1. The van der Waals surface area contributed by atoms with Crippen LogP contribution in [-0.2, 0) is 22.2 Å². The number of H-pyrrole nitrogens is 1. The van der Waals surface area contributed by atoms with E-state index >= 15 is 0 Å². The lowest BCUT2D eigenvalue weighted by molar-refractivity contribution is 0.00578. The third kappa shape index (κ3) is 4.99. The minimum absolute atomic E-state index is 0.283. The Hall–Kier alpha value is -1.59. The van der Waals surface area contributed by atoms with Crippen LogP contribution < -0.4 is 5.46 Å². The lowest BCUT2D eigenvalue weighted by Gasteiger charge is -2.32. The number of nitrogens with one attached hydrogen (secondary N) is 1. The van der Waals surface area contributed by atoms with Crippen molar-refractivity contribution in [2.75, 3.05) is 0 Å². The van der Waals surface area contributed by atoms with E-state index < -0.39 is 0 Å². The van der Waals surface area contributed by atoms with Crippen LogP contribution in [0.2, 0.25) is 0 Å². The molecule has 1 atom stereocenters. The predicted octanol–water partition coefficient (Wildman–Crippen LogP) is 6.57. The standard InChI is InChI=1S/C23H33BN2O2.C4H10/c1-7-8-9-15(2)20-14-25-21(26-20)18-12-13-19(17-11-10-16(17)18)24-27-22(3,4)23(5,6)28-24;1-3-4-2/h12-15H,7-11H2,1-6H3,(H,25,26);3-4H2,1-2H3. The molecule has 1 aromatic heterocycles. The zero-order valence-electron chi connectivity index (χ0n) is 21.6. The maximum absolute atomic E-state index is 6.29. The van der Waals surface area contributed by atoms with Gasteiger partial charge in [0.1, 0.15) is 5.82 Å². The third-order valence-corrected chi connectivity index (χ3v) is 7.47. The van der Waals surface area contributed by atoms with Crippen molar-refractivity contribution in [1.82, 2.24) is 9.97 Å². The Bertz CT molecular complexity index is 885. The normalized spacial score (nSPS) is 19.1. The van der Waals surface area contributed by atoms with Gasteiger partial charge in [-0.3, -0.25) is 0 Å². The van der Waals surface area contributed by atoms with Crippen LogP contribution in [-0.4, -0.2) is 28.3 Å². The summed E-state index contributed by atoms with van der Waals surface area (Å²) in [4.78, 5) is 8.29. The van der Waals surface area contributed by atoms with Crippen molar-refractivity contribution in [2.45, 2.75) is 117 Å². The molecule has 2 aliphatic rings. The summed E-state index contributed by atoms with van der Waals surface area (Å²) in [5.74, 6) is 1.52. The highest BCUT2D eigenvalue weighted by Gasteiger charge is 2.52. The van der Waals surface area contributed by atoms with E-state index in [0.29, 0.717) is 5.92 Å². The monoisotopic (exact) mass is 438 g/mol. The summed E-state index contributed by atoms with van der Waals surface area (Å²) < 4.78 is 12.6. The van der Waals surface area contributed by atoms with Gasteiger partial charge in [-0.2, -0.15) is 0 Å². The molecule has 1 N–H and O–H groups in total. The van der Waals surface area contributed by atoms with Crippen LogP contribution in [0.5, 0.6) is 0 Å². The van der Waals surface area contributed by atoms with E-state index in [1.165, 1.54) is 60.0 Å². The Labute approximate surface area is 196 Å². The molecule has 1 unspecified atom stereocenters. The van der Waals surface area contributed by atoms with E-state index in [2.05, 4.69) is 72.5 Å². The first-order chi connectivity index (χ1) is 15.1. The number of rotatable bonds is 7. The van der Waals surface area contributed by atoms with Gasteiger partial charge in [0.25, 0.3) is 0 Å². The van der Waals surface area contributed by atoms with Crippen molar-refractivity contribution in [3.8, 4) is 11.4 Å². The van der Waals surface area contributed by atoms with Gasteiger partial charge < -0.3 is 14.3 Å². The fourth-order valence-electron chi connectivity index (χ4n) is 4.17. The van der Waals surface area contributed by atoms with E-state index in [0.717, 1.165) is 18.7 Å². The molecule has 0 amide bonds. The largest absolute Gasteiger partial charge is 0.495 e. The Balaban J connectivity index is 0.000000668. The summed E-state index contributed by atoms with van der Waals surface area (Å²) in [6.07, 6.45) is 10.5. The molecule has 1 aliphatic heterocycles. The van der Waals surface area contributed by atoms with Crippen molar-refractivity contribution in [1.29, 1.82) is 0 Å². The molecule has 2 aromatic rings. The van der Waals surface area contributed by atoms with E-state index in [1.807, 2.05) is 6.20 Å². The van der Waals surface area contributed by atoms with Gasteiger partial charge in [0.05, 0.1) is 11.2 Å². The highest BCUT2D eigenvalue weighted by molar-refractivity contribution is 6.62. The molecule has 1 fully saturated rings. The van der Waals surface area contributed by atoms with E-state index in [-0.39, 0.29) is 18.3 Å². The molecule has 1 aliphatic carbocycles. The lowest BCUT2D eigenvalue weighted by Crippen LogP contribution is -2.41. The molecular formula is C27H43BN2O2. The highest BCUT2D eigenvalue weighted by atomic mass is 16.7. The van der Waals surface area contributed by atoms with Gasteiger partial charge in [-0.15, -0.1) is 0 Å². The number of hydrogen-bond acceptors (Lipinski definition) is 3. The molecule has 2 heterocycles. The predicted molar refractivity (Wildman–Crippen MR) is 136 cm³/mol. The van der Waals surface area contributed by atoms with Gasteiger partial charge >= 0.3 is 7.12 Å². The zero-order valence-corrected chi connectivity index (χ0v) is 21.6. The van der Waals surface area contributed by atoms with Crippen LogP contribution in [0.15, 0.2) is 18.3 Å². The average Bonchev–Trinajstić information content (AvgIpc) is 3.29. The molecule has 1 saturated heterocycles. The first-order valence-corrected chi connectivity index (χ1v) is 12.7. The second-order valence-corrected chi connectivity index (χ2v) is 10.5. The molecule has 0 saturated carbocycles. The molecule has 32 heavy (non-hydrogen) atoms. The number of benzene rings is 1. The maximum Gasteiger partial charge on any atom is 0.495 e. The Kier molecular flexibility index (Phi) is 7.93. The fraction of sp³-hybridized carbons (Fsp3) is 0.667. The van der Waals surface area contributed by atoms with Gasteiger partial charge in [-0.1, -0.05) is 65.5 Å². The third-order valence-electron chi connectivity index (χ3n) is 7.47. The Morgan fingerprint density at radius 2 is 1.59 bits per heavy atom. The van der Waals surface area contributed by atoms with Gasteiger partial charge in [0, 0.05) is 17.5 Å². The minimum Gasteiger partial charge on any atom is -0.399 e. The van der Waals surface area contributed by atoms with Crippen molar-refractivity contribution < 1.29 is 9.31 Å². The number of aromatic nitrogens is 2. The van der Waals surface area contributed by atoms with Crippen LogP contribution >= 0.6 is 0 Å². The smallest absolute Gasteiger partial charge is 0.399 e. The molecule has 4 nitrogen and oxygen atoms in total. The van der Waals surface area contributed by atoms with Crippen LogP contribution in [0, 0.1) is 0 Å². The summed E-state index contributed by atoms with van der Waals surface area (Å²) >= 11 is 0. The summed E-state index contributed by atoms with van der Waals surface area (Å²) in [6.45, 7) is 17.3. The molecule has 4 rings (SSSR count). The van der Waals surface area contributed by atoms with Crippen LogP contribution in [0.1, 0.15) is 110 Å². The maximum atomic E-state index is 6.29. The van der Waals surface area contributed by atoms with Crippen LogP contribution in [0.25, 0.3) is 11.4 Å². The highest BCUT2D eigenvalue weighted by Crippen LogP contribution is 2.39. The minimum atomic E-state index is -0.308. The quantitative estimate of drug-likeness (QED) is 0.497. The van der Waals surface area contributed by atoms with Gasteiger partial charge in [0.15, 0.2) is 0 Å². The van der Waals surface area contributed by atoms with Gasteiger partial charge in [0.2, 0.25) is 0 Å². The molecule has 5 heteroatoms. The molecule has 176 valence electrons. The molecule has 0 spiro atoms. The van der Waals surface area contributed by atoms with E-state index in [9.17, 15) is 0 Å². The molecule has 1 aromatic carbocycles. The second kappa shape index (κ2) is 10.1. The van der Waals surface area contributed by atoms with Crippen molar-refractivity contribution in [3.05, 3.63) is 35.2 Å². The number of imidazole rings is 1. The van der Waals surface area contributed by atoms with Crippen molar-refractivity contribution in [3.63, 3.8) is 0 Å². The van der Waals surface area contributed by atoms with Crippen LogP contribution in [0.4, 0.5) is 0 Å². The summed E-state index contributed by atoms with van der Waals surface area (Å²) in [6, 6.07) is 4.37. The number of aromatic amines is 1. The SMILES string of the molecule is CCCC.CCCCC(C)c1cnc(-c2ccc(B3OC(C)(C)C(C)(C)O3)c3c2CC3)[nH]1. The summed E-state index contributed by atoms with van der Waals surface area (Å²) in [5, 5.41) is 0. The van der Waals surface area contributed by atoms with E-state index in [1.54, 1.807) is 0 Å². The summed E-state index contributed by atoms with van der Waals surface area (Å²) in [5.41, 5.74) is 5.82. The zero-order chi connectivity index (χ0) is 23.5. The number of unbranched alkanes of at least 4 members (excludes halogenated alkanes) is 2. The number of nitrogens with zero attached hydrogens (tertiary/aromatic N) is 1. The molecular weight excluding hydrogens is 395 g/mol. The first kappa shape index (κ1) is 25.0. The van der Waals surface area contributed by atoms with Gasteiger partial charge in [-0.05, 0) is 69.5 Å². The number of fused-ring (bicyclic) bond motifs is 1. The van der Waals surface area contributed by atoms with Crippen molar-refractivity contribution in [2.24, 2.45) is 0 Å². The van der Waals surface area contributed by atoms with E-state index in [4.69, 9.17) is 14.3 Å².